The van der Waals surface area contributed by atoms with Crippen molar-refractivity contribution in [3.05, 3.63) is 82.5 Å². The van der Waals surface area contributed by atoms with Crippen LogP contribution in [-0.4, -0.2) is 15.7 Å². The van der Waals surface area contributed by atoms with Crippen molar-refractivity contribution in [3.8, 4) is 11.3 Å². The summed E-state index contributed by atoms with van der Waals surface area (Å²) in [6, 6.07) is 17.9. The number of non-ortho nitro benzene ring substituents is 1. The van der Waals surface area contributed by atoms with Crippen molar-refractivity contribution in [2.75, 3.05) is 5.32 Å². The Morgan fingerprint density at radius 2 is 1.75 bits per heavy atom. The van der Waals surface area contributed by atoms with Gasteiger partial charge in [0.15, 0.2) is 0 Å². The molecule has 2 heterocycles. The highest BCUT2D eigenvalue weighted by atomic mass is 16.6. The monoisotopic (exact) mass is 316 g/mol. The zero-order valence-electron chi connectivity index (χ0n) is 12.5. The average molecular weight is 316 g/mol. The molecule has 6 nitrogen and oxygen atoms in total. The Hall–Kier alpha value is -3.54. The van der Waals surface area contributed by atoms with Crippen LogP contribution in [0, 0.1) is 10.1 Å². The van der Waals surface area contributed by atoms with E-state index in [-0.39, 0.29) is 5.69 Å². The number of nitrogens with one attached hydrogen (secondary N) is 1. The van der Waals surface area contributed by atoms with Crippen LogP contribution in [0.15, 0.2) is 71.9 Å². The highest BCUT2D eigenvalue weighted by molar-refractivity contribution is 6.13. The quantitative estimate of drug-likeness (QED) is 0.568. The fourth-order valence-corrected chi connectivity index (χ4v) is 2.65. The molecule has 0 bridgehead atoms. The molecule has 1 aliphatic rings. The number of aliphatic imine (C=N–C) groups is 1. The van der Waals surface area contributed by atoms with Crippen LogP contribution in [-0.2, 0) is 0 Å². The lowest BCUT2D eigenvalue weighted by Gasteiger charge is -2.09. The van der Waals surface area contributed by atoms with Crippen LogP contribution in [0.2, 0.25) is 0 Å². The molecule has 0 saturated heterocycles. The standard InChI is InChI=1S/C18H12N4O2/c23-22(24)13-9-7-12(8-10-13)18-20-15-5-2-1-4-14(15)17-16(21-18)6-3-11-19-17/h1-11H,(H,20,21). The largest absolute Gasteiger partial charge is 0.338 e. The summed E-state index contributed by atoms with van der Waals surface area (Å²) in [6.07, 6.45) is 1.74. The number of nitro benzene ring substituents is 1. The van der Waals surface area contributed by atoms with Crippen molar-refractivity contribution in [2.45, 2.75) is 0 Å². The molecular weight excluding hydrogens is 304 g/mol. The van der Waals surface area contributed by atoms with Crippen LogP contribution >= 0.6 is 0 Å². The Bertz CT molecular complexity index is 965. The van der Waals surface area contributed by atoms with E-state index in [1.165, 1.54) is 12.1 Å². The molecule has 2 aromatic carbocycles. The molecule has 0 radical (unpaired) electrons. The molecule has 0 spiro atoms. The molecule has 1 N–H and O–H groups in total. The van der Waals surface area contributed by atoms with Crippen LogP contribution in [0.5, 0.6) is 0 Å². The first kappa shape index (κ1) is 14.1. The van der Waals surface area contributed by atoms with E-state index in [1.54, 1.807) is 18.3 Å². The van der Waals surface area contributed by atoms with Crippen molar-refractivity contribution in [2.24, 2.45) is 4.99 Å². The van der Waals surface area contributed by atoms with Crippen LogP contribution in [0.25, 0.3) is 11.3 Å². The Balaban J connectivity index is 1.86. The van der Waals surface area contributed by atoms with E-state index < -0.39 is 4.92 Å². The van der Waals surface area contributed by atoms with Gasteiger partial charge in [0.2, 0.25) is 0 Å². The maximum absolute atomic E-state index is 10.8. The normalized spacial score (nSPS) is 12.2. The van der Waals surface area contributed by atoms with Gasteiger partial charge in [-0.3, -0.25) is 15.1 Å². The summed E-state index contributed by atoms with van der Waals surface area (Å²) in [6.45, 7) is 0. The van der Waals surface area contributed by atoms with Gasteiger partial charge in [-0.15, -0.1) is 0 Å². The summed E-state index contributed by atoms with van der Waals surface area (Å²) >= 11 is 0. The summed E-state index contributed by atoms with van der Waals surface area (Å²) in [5.74, 6) is 0.629. The average Bonchev–Trinajstić information content (AvgIpc) is 2.79. The molecule has 3 aromatic rings. The Kier molecular flexibility index (Phi) is 3.28. The number of nitrogens with zero attached hydrogens (tertiary/aromatic N) is 3. The van der Waals surface area contributed by atoms with Crippen LogP contribution in [0.1, 0.15) is 5.56 Å². The zero-order valence-corrected chi connectivity index (χ0v) is 12.5. The SMILES string of the molecule is O=[N+]([O-])c1ccc(C2=Nc3ccccc3-c3ncccc3N2)cc1. The summed E-state index contributed by atoms with van der Waals surface area (Å²) < 4.78 is 0. The van der Waals surface area contributed by atoms with Crippen molar-refractivity contribution in [1.82, 2.24) is 4.98 Å². The molecule has 116 valence electrons. The van der Waals surface area contributed by atoms with E-state index in [1.807, 2.05) is 36.4 Å². The summed E-state index contributed by atoms with van der Waals surface area (Å²) in [4.78, 5) is 19.6. The van der Waals surface area contributed by atoms with E-state index in [4.69, 9.17) is 4.99 Å². The Morgan fingerprint density at radius 3 is 2.54 bits per heavy atom. The lowest BCUT2D eigenvalue weighted by atomic mass is 10.1. The van der Waals surface area contributed by atoms with E-state index in [2.05, 4.69) is 10.3 Å². The molecule has 0 aliphatic carbocycles. The smallest absolute Gasteiger partial charge is 0.269 e. The predicted octanol–water partition coefficient (Wildman–Crippen LogP) is 4.16. The van der Waals surface area contributed by atoms with E-state index in [9.17, 15) is 10.1 Å². The number of nitro groups is 1. The number of benzene rings is 2. The number of para-hydroxylation sites is 1. The molecule has 0 unspecified atom stereocenters. The predicted molar refractivity (Wildman–Crippen MR) is 92.6 cm³/mol. The fourth-order valence-electron chi connectivity index (χ4n) is 2.65. The van der Waals surface area contributed by atoms with Gasteiger partial charge in [0, 0.05) is 29.5 Å². The van der Waals surface area contributed by atoms with Gasteiger partial charge < -0.3 is 5.32 Å². The molecule has 0 saturated carbocycles. The maximum Gasteiger partial charge on any atom is 0.269 e. The number of fused-ring (bicyclic) bond motifs is 3. The van der Waals surface area contributed by atoms with Crippen molar-refractivity contribution in [3.63, 3.8) is 0 Å². The minimum absolute atomic E-state index is 0.0513. The minimum Gasteiger partial charge on any atom is -0.338 e. The highest BCUT2D eigenvalue weighted by Gasteiger charge is 2.18. The first-order valence-electron chi connectivity index (χ1n) is 7.37. The molecule has 1 aliphatic heterocycles. The highest BCUT2D eigenvalue weighted by Crippen LogP contribution is 2.36. The Morgan fingerprint density at radius 1 is 0.958 bits per heavy atom. The number of pyridine rings is 1. The van der Waals surface area contributed by atoms with Crippen LogP contribution in [0.3, 0.4) is 0 Å². The first-order chi connectivity index (χ1) is 11.7. The molecule has 4 rings (SSSR count). The second-order valence-corrected chi connectivity index (χ2v) is 5.31. The second kappa shape index (κ2) is 5.58. The number of amidine groups is 1. The van der Waals surface area contributed by atoms with Gasteiger partial charge in [0.05, 0.1) is 22.0 Å². The molecular formula is C18H12N4O2. The van der Waals surface area contributed by atoms with Crippen molar-refractivity contribution >= 4 is 22.9 Å². The summed E-state index contributed by atoms with van der Waals surface area (Å²) in [7, 11) is 0. The molecule has 0 fully saturated rings. The third kappa shape index (κ3) is 2.40. The van der Waals surface area contributed by atoms with Gasteiger partial charge in [-0.2, -0.15) is 0 Å². The van der Waals surface area contributed by atoms with E-state index in [0.717, 1.165) is 28.2 Å². The van der Waals surface area contributed by atoms with Gasteiger partial charge in [-0.1, -0.05) is 18.2 Å². The number of anilines is 1. The molecule has 1 aromatic heterocycles. The maximum atomic E-state index is 10.8. The Labute approximate surface area is 137 Å². The third-order valence-corrected chi connectivity index (χ3v) is 3.80. The number of hydrogen-bond donors (Lipinski definition) is 1. The molecule has 24 heavy (non-hydrogen) atoms. The van der Waals surface area contributed by atoms with Gasteiger partial charge in [0.1, 0.15) is 5.84 Å². The lowest BCUT2D eigenvalue weighted by Crippen LogP contribution is -2.13. The van der Waals surface area contributed by atoms with E-state index in [0.29, 0.717) is 5.84 Å². The van der Waals surface area contributed by atoms with Crippen molar-refractivity contribution in [1.29, 1.82) is 0 Å². The second-order valence-electron chi connectivity index (χ2n) is 5.31. The topological polar surface area (TPSA) is 80.4 Å². The van der Waals surface area contributed by atoms with Crippen LogP contribution in [0.4, 0.5) is 17.1 Å². The fraction of sp³-hybridized carbons (Fsp3) is 0. The zero-order chi connectivity index (χ0) is 16.5. The van der Waals surface area contributed by atoms with Crippen LogP contribution < -0.4 is 5.32 Å². The third-order valence-electron chi connectivity index (χ3n) is 3.80. The number of hydrogen-bond acceptors (Lipinski definition) is 5. The first-order valence-corrected chi connectivity index (χ1v) is 7.37. The van der Waals surface area contributed by atoms with Gasteiger partial charge in [-0.25, -0.2) is 4.99 Å². The molecule has 6 heteroatoms. The van der Waals surface area contributed by atoms with Gasteiger partial charge >= 0.3 is 0 Å². The summed E-state index contributed by atoms with van der Waals surface area (Å²) in [5, 5.41) is 14.1. The van der Waals surface area contributed by atoms with Gasteiger partial charge in [0.25, 0.3) is 5.69 Å². The summed E-state index contributed by atoms with van der Waals surface area (Å²) in [5.41, 5.74) is 4.24. The number of rotatable bonds is 2. The molecule has 0 atom stereocenters. The minimum atomic E-state index is -0.416. The van der Waals surface area contributed by atoms with Crippen molar-refractivity contribution < 1.29 is 4.92 Å². The van der Waals surface area contributed by atoms with Gasteiger partial charge in [-0.05, 0) is 30.3 Å². The molecule has 0 amide bonds. The lowest BCUT2D eigenvalue weighted by molar-refractivity contribution is -0.384. The van der Waals surface area contributed by atoms with E-state index >= 15 is 0 Å². The number of aromatic nitrogens is 1.